The van der Waals surface area contributed by atoms with Crippen molar-refractivity contribution in [2.24, 2.45) is 11.8 Å². The molecule has 0 spiro atoms. The van der Waals surface area contributed by atoms with Gasteiger partial charge in [0, 0.05) is 6.54 Å². The lowest BCUT2D eigenvalue weighted by Gasteiger charge is -2.41. The van der Waals surface area contributed by atoms with Crippen LogP contribution in [-0.2, 0) is 24.3 Å². The molecule has 26 heavy (non-hydrogen) atoms. The van der Waals surface area contributed by atoms with E-state index in [2.05, 4.69) is 9.76 Å². The number of piperidine rings is 1. The highest BCUT2D eigenvalue weighted by atomic mass is 32.3. The van der Waals surface area contributed by atoms with E-state index in [1.807, 2.05) is 0 Å². The molecule has 2 N–H and O–H groups in total. The zero-order valence-corrected chi connectivity index (χ0v) is 15.1. The molecule has 3 atom stereocenters. The lowest BCUT2D eigenvalue weighted by molar-refractivity contribution is -0.154. The number of nitrogens with zero attached hydrogens (tertiary/aromatic N) is 2. The number of urea groups is 1. The lowest BCUT2D eigenvalue weighted by Crippen LogP contribution is -2.51. The van der Waals surface area contributed by atoms with Gasteiger partial charge in [0.05, 0.1) is 12.1 Å². The third-order valence-electron chi connectivity index (χ3n) is 6.09. The zero-order chi connectivity index (χ0) is 18.5. The first kappa shape index (κ1) is 18.0. The van der Waals surface area contributed by atoms with Gasteiger partial charge in [0.1, 0.15) is 6.04 Å². The predicted molar refractivity (Wildman–Crippen MR) is 86.5 cm³/mol. The molecule has 2 heterocycles. The van der Waals surface area contributed by atoms with E-state index in [1.165, 1.54) is 17.7 Å². The third kappa shape index (κ3) is 3.40. The van der Waals surface area contributed by atoms with Crippen LogP contribution in [0.25, 0.3) is 0 Å². The van der Waals surface area contributed by atoms with Crippen LogP contribution in [0.4, 0.5) is 4.79 Å². The first-order chi connectivity index (χ1) is 12.3. The van der Waals surface area contributed by atoms with Gasteiger partial charge >= 0.3 is 16.4 Å². The molecule has 5 aliphatic rings. The molecule has 2 aliphatic heterocycles. The van der Waals surface area contributed by atoms with Gasteiger partial charge in [-0.15, -0.1) is 4.28 Å². The Morgan fingerprint density at radius 1 is 1.15 bits per heavy atom. The Balaban J connectivity index is 1.35. The maximum atomic E-state index is 12.5. The van der Waals surface area contributed by atoms with Crippen molar-refractivity contribution in [3.8, 4) is 0 Å². The average Bonchev–Trinajstić information content (AvgIpc) is 2.84. The van der Waals surface area contributed by atoms with Crippen molar-refractivity contribution >= 4 is 22.3 Å². The Bertz CT molecular complexity index is 691. The fraction of sp³-hybridized carbons (Fsp3) is 0.867. The molecule has 5 fully saturated rings. The molecule has 10 nitrogen and oxygen atoms in total. The van der Waals surface area contributed by atoms with Gasteiger partial charge in [-0.1, -0.05) is 0 Å². The first-order valence-corrected chi connectivity index (χ1v) is 10.4. The zero-order valence-electron chi connectivity index (χ0n) is 14.2. The second-order valence-electron chi connectivity index (χ2n) is 7.65. The summed E-state index contributed by atoms with van der Waals surface area (Å²) in [6.45, 7) is 0.167. The highest BCUT2D eigenvalue weighted by molar-refractivity contribution is 7.80. The van der Waals surface area contributed by atoms with Gasteiger partial charge in [-0.25, -0.2) is 10.3 Å². The van der Waals surface area contributed by atoms with E-state index in [4.69, 9.17) is 9.39 Å². The average molecular weight is 389 g/mol. The highest BCUT2D eigenvalue weighted by Crippen LogP contribution is 2.42. The number of carbonyl (C=O) groups excluding carboxylic acids is 2. The van der Waals surface area contributed by atoms with Crippen molar-refractivity contribution in [1.29, 1.82) is 0 Å². The van der Waals surface area contributed by atoms with E-state index < -0.39 is 34.4 Å². The van der Waals surface area contributed by atoms with Gasteiger partial charge < -0.3 is 4.90 Å². The number of hydroxylamine groups is 3. The molecule has 146 valence electrons. The van der Waals surface area contributed by atoms with Gasteiger partial charge in [0.2, 0.25) is 0 Å². The Hall–Kier alpha value is -1.43. The Morgan fingerprint density at radius 3 is 2.50 bits per heavy atom. The molecule has 3 amide bonds. The minimum absolute atomic E-state index is 0.0245. The molecule has 1 unspecified atom stereocenters. The number of nitrogens with one attached hydrogen (secondary N) is 1. The molecule has 4 bridgehead atoms. The van der Waals surface area contributed by atoms with Crippen molar-refractivity contribution in [3.05, 3.63) is 0 Å². The summed E-state index contributed by atoms with van der Waals surface area (Å²) in [4.78, 5) is 31.8. The molecule has 0 radical (unpaired) electrons. The summed E-state index contributed by atoms with van der Waals surface area (Å²) in [6, 6.07) is -2.00. The van der Waals surface area contributed by atoms with Crippen LogP contribution in [0, 0.1) is 11.8 Å². The molecular formula is C15H23N3O7S. The van der Waals surface area contributed by atoms with Crippen molar-refractivity contribution in [1.82, 2.24) is 15.4 Å². The Morgan fingerprint density at radius 2 is 1.88 bits per heavy atom. The standard InChI is InChI=1S/C15H23N3O7S/c19-14(16-24-13-7-9-1-3-10(13)4-2-9)12-6-5-11-8-17(12)15(20)18(11)25-26(21,22)23/h9-13H,1-8H2,(H,16,19)(H,21,22,23)/t9?,10?,11-,12+,13?/m1/s1. The second-order valence-corrected chi connectivity index (χ2v) is 8.65. The molecule has 0 aromatic heterocycles. The van der Waals surface area contributed by atoms with Crippen LogP contribution >= 0.6 is 0 Å². The quantitative estimate of drug-likeness (QED) is 0.521. The molecule has 0 aromatic carbocycles. The number of fused-ring (bicyclic) bond motifs is 5. The molecule has 3 aliphatic carbocycles. The predicted octanol–water partition coefficient (Wildman–Crippen LogP) is 0.616. The SMILES string of the molecule is O=C(NOC1CC2CCC1CC2)[C@@H]1CC[C@@H]2CN1C(=O)N2OS(=O)(=O)O. The largest absolute Gasteiger partial charge is 0.418 e. The van der Waals surface area contributed by atoms with Crippen LogP contribution in [0.15, 0.2) is 0 Å². The van der Waals surface area contributed by atoms with E-state index >= 15 is 0 Å². The smallest absolute Gasteiger partial charge is 0.309 e. The summed E-state index contributed by atoms with van der Waals surface area (Å²) in [7, 11) is -4.79. The summed E-state index contributed by atoms with van der Waals surface area (Å²) in [5.41, 5.74) is 2.51. The van der Waals surface area contributed by atoms with E-state index in [0.29, 0.717) is 29.7 Å². The van der Waals surface area contributed by atoms with E-state index in [9.17, 15) is 18.0 Å². The highest BCUT2D eigenvalue weighted by Gasteiger charge is 2.49. The summed E-state index contributed by atoms with van der Waals surface area (Å²) < 4.78 is 35.0. The number of carbonyl (C=O) groups is 2. The fourth-order valence-electron chi connectivity index (χ4n) is 4.77. The third-order valence-corrected chi connectivity index (χ3v) is 6.44. The topological polar surface area (TPSA) is 125 Å². The van der Waals surface area contributed by atoms with Crippen LogP contribution in [-0.4, -0.2) is 59.6 Å². The monoisotopic (exact) mass is 389 g/mol. The number of amides is 3. The van der Waals surface area contributed by atoms with Gasteiger partial charge in [-0.05, 0) is 56.8 Å². The number of hydrogen-bond donors (Lipinski definition) is 2. The minimum atomic E-state index is -4.79. The summed E-state index contributed by atoms with van der Waals surface area (Å²) in [6.07, 6.45) is 6.46. The van der Waals surface area contributed by atoms with E-state index in [-0.39, 0.29) is 12.6 Å². The van der Waals surface area contributed by atoms with Gasteiger partial charge in [-0.3, -0.25) is 14.2 Å². The van der Waals surface area contributed by atoms with Crippen molar-refractivity contribution in [2.45, 2.75) is 63.1 Å². The molecule has 0 aromatic rings. The molecule has 3 saturated carbocycles. The van der Waals surface area contributed by atoms with E-state index in [0.717, 1.165) is 19.3 Å². The molecular weight excluding hydrogens is 366 g/mol. The van der Waals surface area contributed by atoms with Crippen molar-refractivity contribution in [2.75, 3.05) is 6.54 Å². The molecule has 11 heteroatoms. The molecule has 2 saturated heterocycles. The maximum Gasteiger partial charge on any atom is 0.418 e. The number of hydrogen-bond acceptors (Lipinski definition) is 6. The summed E-state index contributed by atoms with van der Waals surface area (Å²) >= 11 is 0. The molecule has 5 rings (SSSR count). The van der Waals surface area contributed by atoms with Crippen molar-refractivity contribution < 1.29 is 31.7 Å². The maximum absolute atomic E-state index is 12.5. The van der Waals surface area contributed by atoms with Gasteiger partial charge in [0.15, 0.2) is 0 Å². The summed E-state index contributed by atoms with van der Waals surface area (Å²) in [5.74, 6) is 0.735. The van der Waals surface area contributed by atoms with Crippen LogP contribution < -0.4 is 5.48 Å². The van der Waals surface area contributed by atoms with Crippen LogP contribution in [0.2, 0.25) is 0 Å². The van der Waals surface area contributed by atoms with Gasteiger partial charge in [0.25, 0.3) is 5.91 Å². The van der Waals surface area contributed by atoms with Crippen molar-refractivity contribution in [3.63, 3.8) is 0 Å². The van der Waals surface area contributed by atoms with Crippen LogP contribution in [0.3, 0.4) is 0 Å². The van der Waals surface area contributed by atoms with E-state index in [1.54, 1.807) is 0 Å². The summed E-state index contributed by atoms with van der Waals surface area (Å²) in [5, 5.41) is 0.629. The fourth-order valence-corrected chi connectivity index (χ4v) is 5.16. The number of rotatable bonds is 5. The van der Waals surface area contributed by atoms with Gasteiger partial charge in [-0.2, -0.15) is 13.5 Å². The van der Waals surface area contributed by atoms with Crippen LogP contribution in [0.1, 0.15) is 44.9 Å². The lowest BCUT2D eigenvalue weighted by atomic mass is 9.69. The first-order valence-electron chi connectivity index (χ1n) is 9.04. The minimum Gasteiger partial charge on any atom is -0.309 e. The Labute approximate surface area is 151 Å². The van der Waals surface area contributed by atoms with Crippen LogP contribution in [0.5, 0.6) is 0 Å². The Kier molecular flexibility index (Phi) is 4.58. The second kappa shape index (κ2) is 6.63. The normalized spacial score (nSPS) is 36.5.